The maximum Gasteiger partial charge on any atom is 0.254 e. The molecule has 0 aliphatic rings. The maximum absolute atomic E-state index is 12.9. The molecule has 2 aromatic rings. The summed E-state index contributed by atoms with van der Waals surface area (Å²) in [6.45, 7) is 7.41. The molecule has 0 heterocycles. The molecule has 0 bridgehead atoms. The topological polar surface area (TPSA) is 66.5 Å². The molecular formula is C21H28N2O3S. The van der Waals surface area contributed by atoms with Crippen molar-refractivity contribution in [2.45, 2.75) is 45.1 Å². The fraction of sp³-hybridized carbons (Fsp3) is 0.381. The Labute approximate surface area is 162 Å². The summed E-state index contributed by atoms with van der Waals surface area (Å²) in [5.41, 5.74) is 2.10. The average Bonchev–Trinajstić information content (AvgIpc) is 2.67. The van der Waals surface area contributed by atoms with Gasteiger partial charge in [-0.15, -0.1) is 0 Å². The van der Waals surface area contributed by atoms with Gasteiger partial charge >= 0.3 is 0 Å². The highest BCUT2D eigenvalue weighted by molar-refractivity contribution is 7.89. The summed E-state index contributed by atoms with van der Waals surface area (Å²) in [5.74, 6) is -0.115. The van der Waals surface area contributed by atoms with Gasteiger partial charge in [0.2, 0.25) is 10.0 Å². The monoisotopic (exact) mass is 388 g/mol. The predicted octanol–water partition coefficient (Wildman–Crippen LogP) is 3.74. The van der Waals surface area contributed by atoms with Crippen molar-refractivity contribution in [1.82, 2.24) is 9.62 Å². The first-order valence-corrected chi connectivity index (χ1v) is 10.8. The fourth-order valence-corrected chi connectivity index (χ4v) is 3.92. The van der Waals surface area contributed by atoms with Crippen LogP contribution in [-0.2, 0) is 16.6 Å². The third-order valence-electron chi connectivity index (χ3n) is 4.33. The number of amides is 1. The van der Waals surface area contributed by atoms with E-state index in [0.29, 0.717) is 18.7 Å². The first kappa shape index (κ1) is 21.1. The van der Waals surface area contributed by atoms with Crippen LogP contribution in [0.4, 0.5) is 0 Å². The van der Waals surface area contributed by atoms with Crippen LogP contribution in [0, 0.1) is 6.92 Å². The number of rotatable bonds is 9. The van der Waals surface area contributed by atoms with Crippen LogP contribution in [0.15, 0.2) is 53.4 Å². The Morgan fingerprint density at radius 2 is 1.63 bits per heavy atom. The molecule has 0 atom stereocenters. The smallest absolute Gasteiger partial charge is 0.254 e. The summed E-state index contributed by atoms with van der Waals surface area (Å²) in [6, 6.07) is 14.1. The highest BCUT2D eigenvalue weighted by atomic mass is 32.2. The quantitative estimate of drug-likeness (QED) is 0.712. The Hall–Kier alpha value is -2.18. The van der Waals surface area contributed by atoms with Gasteiger partial charge in [0.25, 0.3) is 5.91 Å². The van der Waals surface area contributed by atoms with E-state index in [0.717, 1.165) is 24.0 Å². The average molecular weight is 389 g/mol. The summed E-state index contributed by atoms with van der Waals surface area (Å²) in [6.07, 6.45) is 1.73. The van der Waals surface area contributed by atoms with E-state index < -0.39 is 10.0 Å². The highest BCUT2D eigenvalue weighted by Crippen LogP contribution is 2.18. The normalized spacial score (nSPS) is 11.4. The van der Waals surface area contributed by atoms with Crippen molar-refractivity contribution >= 4 is 15.9 Å². The van der Waals surface area contributed by atoms with E-state index >= 15 is 0 Å². The summed E-state index contributed by atoms with van der Waals surface area (Å²) >= 11 is 0. The molecule has 0 saturated carbocycles. The minimum absolute atomic E-state index is 0.111. The molecule has 1 N–H and O–H groups in total. The SMILES string of the molecule is CCCN(CCC)C(=O)c1cc(S(=O)(=O)NCc2ccccc2)ccc1C. The maximum atomic E-state index is 12.9. The molecule has 0 unspecified atom stereocenters. The molecule has 2 rings (SSSR count). The number of nitrogens with one attached hydrogen (secondary N) is 1. The van der Waals surface area contributed by atoms with Crippen LogP contribution in [0.3, 0.4) is 0 Å². The summed E-state index contributed by atoms with van der Waals surface area (Å²) in [5, 5.41) is 0. The molecular weight excluding hydrogens is 360 g/mol. The molecule has 0 aromatic heterocycles. The molecule has 27 heavy (non-hydrogen) atoms. The van der Waals surface area contributed by atoms with E-state index in [4.69, 9.17) is 0 Å². The van der Waals surface area contributed by atoms with Gasteiger partial charge in [0.15, 0.2) is 0 Å². The largest absolute Gasteiger partial charge is 0.339 e. The van der Waals surface area contributed by atoms with Crippen LogP contribution in [0.1, 0.15) is 48.2 Å². The number of sulfonamides is 1. The third-order valence-corrected chi connectivity index (χ3v) is 5.73. The van der Waals surface area contributed by atoms with Gasteiger partial charge in [0, 0.05) is 25.2 Å². The van der Waals surface area contributed by atoms with E-state index in [9.17, 15) is 13.2 Å². The Balaban J connectivity index is 2.25. The van der Waals surface area contributed by atoms with Crippen LogP contribution in [0.25, 0.3) is 0 Å². The molecule has 1 amide bonds. The second-order valence-corrected chi connectivity index (χ2v) is 8.35. The lowest BCUT2D eigenvalue weighted by Gasteiger charge is -2.22. The van der Waals surface area contributed by atoms with Gasteiger partial charge in [-0.3, -0.25) is 4.79 Å². The van der Waals surface area contributed by atoms with Gasteiger partial charge in [-0.2, -0.15) is 0 Å². The van der Waals surface area contributed by atoms with Crippen molar-refractivity contribution in [3.63, 3.8) is 0 Å². The van der Waals surface area contributed by atoms with Crippen molar-refractivity contribution in [2.75, 3.05) is 13.1 Å². The molecule has 2 aromatic carbocycles. The van der Waals surface area contributed by atoms with Gasteiger partial charge < -0.3 is 4.90 Å². The Morgan fingerprint density at radius 1 is 1.00 bits per heavy atom. The lowest BCUT2D eigenvalue weighted by atomic mass is 10.1. The summed E-state index contributed by atoms with van der Waals surface area (Å²) < 4.78 is 28.0. The number of carbonyl (C=O) groups is 1. The number of nitrogens with zero attached hydrogens (tertiary/aromatic N) is 1. The second-order valence-electron chi connectivity index (χ2n) is 6.58. The van der Waals surface area contributed by atoms with E-state index in [2.05, 4.69) is 4.72 Å². The van der Waals surface area contributed by atoms with Gasteiger partial charge in [0.1, 0.15) is 0 Å². The molecule has 6 heteroatoms. The predicted molar refractivity (Wildman–Crippen MR) is 108 cm³/mol. The van der Waals surface area contributed by atoms with E-state index in [1.165, 1.54) is 6.07 Å². The summed E-state index contributed by atoms with van der Waals surface area (Å²) in [7, 11) is -3.70. The van der Waals surface area contributed by atoms with Crippen molar-refractivity contribution < 1.29 is 13.2 Å². The van der Waals surface area contributed by atoms with Crippen LogP contribution in [0.2, 0.25) is 0 Å². The molecule has 0 radical (unpaired) electrons. The number of hydrogen-bond acceptors (Lipinski definition) is 3. The van der Waals surface area contributed by atoms with Gasteiger partial charge in [-0.25, -0.2) is 13.1 Å². The number of benzene rings is 2. The van der Waals surface area contributed by atoms with Gasteiger partial charge in [-0.1, -0.05) is 50.2 Å². The zero-order chi connectivity index (χ0) is 19.9. The van der Waals surface area contributed by atoms with Gasteiger partial charge in [0.05, 0.1) is 4.90 Å². The number of carbonyl (C=O) groups excluding carboxylic acids is 1. The van der Waals surface area contributed by atoms with Crippen molar-refractivity contribution in [3.8, 4) is 0 Å². The second kappa shape index (κ2) is 9.67. The Bertz CT molecular complexity index is 858. The Morgan fingerprint density at radius 3 is 2.22 bits per heavy atom. The first-order valence-electron chi connectivity index (χ1n) is 9.32. The lowest BCUT2D eigenvalue weighted by Crippen LogP contribution is -2.33. The molecule has 0 aliphatic heterocycles. The van der Waals surface area contributed by atoms with E-state index in [1.807, 2.05) is 51.1 Å². The standard InChI is InChI=1S/C21H28N2O3S/c1-4-13-23(14-5-2)21(24)20-15-19(12-11-17(20)3)27(25,26)22-16-18-9-7-6-8-10-18/h6-12,15,22H,4-5,13-14,16H2,1-3H3. The molecule has 0 aliphatic carbocycles. The summed E-state index contributed by atoms with van der Waals surface area (Å²) in [4.78, 5) is 14.8. The van der Waals surface area contributed by atoms with Crippen molar-refractivity contribution in [3.05, 3.63) is 65.2 Å². The molecule has 0 fully saturated rings. The molecule has 0 saturated heterocycles. The fourth-order valence-electron chi connectivity index (χ4n) is 2.88. The molecule has 0 spiro atoms. The highest BCUT2D eigenvalue weighted by Gasteiger charge is 2.21. The van der Waals surface area contributed by atoms with Crippen LogP contribution in [0.5, 0.6) is 0 Å². The van der Waals surface area contributed by atoms with Crippen LogP contribution in [-0.4, -0.2) is 32.3 Å². The van der Waals surface area contributed by atoms with E-state index in [-0.39, 0.29) is 17.3 Å². The van der Waals surface area contributed by atoms with Crippen molar-refractivity contribution in [1.29, 1.82) is 0 Å². The van der Waals surface area contributed by atoms with Crippen LogP contribution >= 0.6 is 0 Å². The van der Waals surface area contributed by atoms with Crippen molar-refractivity contribution in [2.24, 2.45) is 0 Å². The van der Waals surface area contributed by atoms with E-state index in [1.54, 1.807) is 17.0 Å². The zero-order valence-electron chi connectivity index (χ0n) is 16.2. The zero-order valence-corrected chi connectivity index (χ0v) is 17.1. The number of aryl methyl sites for hydroxylation is 1. The lowest BCUT2D eigenvalue weighted by molar-refractivity contribution is 0.0754. The third kappa shape index (κ3) is 5.65. The molecule has 146 valence electrons. The van der Waals surface area contributed by atoms with Crippen LogP contribution < -0.4 is 4.72 Å². The first-order chi connectivity index (χ1) is 12.9. The Kier molecular flexibility index (Phi) is 7.56. The number of hydrogen-bond donors (Lipinski definition) is 1. The molecule has 5 nitrogen and oxygen atoms in total. The minimum atomic E-state index is -3.70. The minimum Gasteiger partial charge on any atom is -0.339 e. The van der Waals surface area contributed by atoms with Gasteiger partial charge in [-0.05, 0) is 43.0 Å².